The molecular weight excluding hydrogens is 218 g/mol. The molecule has 1 aliphatic rings. The van der Waals surface area contributed by atoms with Gasteiger partial charge in [-0.1, -0.05) is 0 Å². The van der Waals surface area contributed by atoms with Crippen LogP contribution in [-0.2, 0) is 14.9 Å². The molecule has 0 spiro atoms. The summed E-state index contributed by atoms with van der Waals surface area (Å²) in [6.07, 6.45) is 1.90. The summed E-state index contributed by atoms with van der Waals surface area (Å²) in [4.78, 5) is 0. The van der Waals surface area contributed by atoms with Crippen molar-refractivity contribution in [3.8, 4) is 0 Å². The second kappa shape index (κ2) is 6.39. The highest BCUT2D eigenvalue weighted by Crippen LogP contribution is 2.10. The van der Waals surface area contributed by atoms with Gasteiger partial charge in [-0.05, 0) is 12.8 Å². The van der Waals surface area contributed by atoms with Crippen LogP contribution < -0.4 is 10.5 Å². The van der Waals surface area contributed by atoms with Gasteiger partial charge in [0.1, 0.15) is 0 Å². The molecule has 7 heteroatoms. The molecule has 0 aliphatic carbocycles. The molecule has 0 bridgehead atoms. The zero-order valence-corrected chi connectivity index (χ0v) is 9.63. The van der Waals surface area contributed by atoms with Crippen molar-refractivity contribution in [2.24, 2.45) is 5.73 Å². The van der Waals surface area contributed by atoms with Crippen molar-refractivity contribution in [3.05, 3.63) is 0 Å². The molecule has 3 N–H and O–H groups in total. The lowest BCUT2D eigenvalue weighted by molar-refractivity contribution is 0.146. The number of nitrogens with two attached hydrogens (primary N) is 1. The highest BCUT2D eigenvalue weighted by atomic mass is 32.2. The fourth-order valence-electron chi connectivity index (χ4n) is 1.45. The van der Waals surface area contributed by atoms with Gasteiger partial charge in [-0.2, -0.15) is 17.4 Å². The molecule has 1 aliphatic heterocycles. The SMILES string of the molecule is NCCOCCNS(=O)(=O)N1CCCC1. The van der Waals surface area contributed by atoms with Gasteiger partial charge in [0.15, 0.2) is 0 Å². The van der Waals surface area contributed by atoms with E-state index >= 15 is 0 Å². The van der Waals surface area contributed by atoms with E-state index in [1.165, 1.54) is 4.31 Å². The van der Waals surface area contributed by atoms with Gasteiger partial charge < -0.3 is 10.5 Å². The Kier molecular flexibility index (Phi) is 5.48. The Morgan fingerprint density at radius 3 is 2.53 bits per heavy atom. The molecule has 1 heterocycles. The van der Waals surface area contributed by atoms with E-state index in [1.807, 2.05) is 0 Å². The number of ether oxygens (including phenoxy) is 1. The first kappa shape index (κ1) is 12.9. The Balaban J connectivity index is 2.18. The summed E-state index contributed by atoms with van der Waals surface area (Å²) in [5.74, 6) is 0. The largest absolute Gasteiger partial charge is 0.379 e. The van der Waals surface area contributed by atoms with Crippen LogP contribution in [0.3, 0.4) is 0 Å². The summed E-state index contributed by atoms with van der Waals surface area (Å²) in [5, 5.41) is 0. The molecule has 90 valence electrons. The molecule has 15 heavy (non-hydrogen) atoms. The van der Waals surface area contributed by atoms with Gasteiger partial charge >= 0.3 is 0 Å². The van der Waals surface area contributed by atoms with Crippen molar-refractivity contribution in [2.75, 3.05) is 39.4 Å². The third-order valence-electron chi connectivity index (χ3n) is 2.20. The van der Waals surface area contributed by atoms with Crippen molar-refractivity contribution in [1.82, 2.24) is 9.03 Å². The first-order chi connectivity index (χ1) is 7.17. The maximum absolute atomic E-state index is 11.6. The predicted molar refractivity (Wildman–Crippen MR) is 57.6 cm³/mol. The maximum Gasteiger partial charge on any atom is 0.279 e. The quantitative estimate of drug-likeness (QED) is 0.550. The molecule has 1 rings (SSSR count). The monoisotopic (exact) mass is 237 g/mol. The van der Waals surface area contributed by atoms with Crippen LogP contribution in [0, 0.1) is 0 Å². The van der Waals surface area contributed by atoms with E-state index < -0.39 is 10.2 Å². The first-order valence-electron chi connectivity index (χ1n) is 5.19. The molecular formula is C8H19N3O3S. The summed E-state index contributed by atoms with van der Waals surface area (Å²) in [6, 6.07) is 0. The topological polar surface area (TPSA) is 84.7 Å². The summed E-state index contributed by atoms with van der Waals surface area (Å²) in [6.45, 7) is 2.84. The Morgan fingerprint density at radius 2 is 1.93 bits per heavy atom. The third kappa shape index (κ3) is 4.43. The van der Waals surface area contributed by atoms with Gasteiger partial charge in [0.2, 0.25) is 0 Å². The standard InChI is InChI=1S/C8H19N3O3S/c9-3-7-14-8-4-10-15(12,13)11-5-1-2-6-11/h10H,1-9H2. The van der Waals surface area contributed by atoms with Crippen molar-refractivity contribution in [3.63, 3.8) is 0 Å². The highest BCUT2D eigenvalue weighted by molar-refractivity contribution is 7.87. The van der Waals surface area contributed by atoms with Gasteiger partial charge in [-0.3, -0.25) is 0 Å². The smallest absolute Gasteiger partial charge is 0.279 e. The van der Waals surface area contributed by atoms with Crippen LogP contribution in [0.15, 0.2) is 0 Å². The molecule has 1 saturated heterocycles. The van der Waals surface area contributed by atoms with E-state index in [1.54, 1.807) is 0 Å². The fraction of sp³-hybridized carbons (Fsp3) is 1.00. The van der Waals surface area contributed by atoms with E-state index in [0.29, 0.717) is 39.4 Å². The molecule has 6 nitrogen and oxygen atoms in total. The normalized spacial score (nSPS) is 18.5. The minimum atomic E-state index is -3.28. The molecule has 0 radical (unpaired) electrons. The zero-order chi connectivity index (χ0) is 11.1. The van der Waals surface area contributed by atoms with Crippen LogP contribution in [0.1, 0.15) is 12.8 Å². The number of nitrogens with zero attached hydrogens (tertiary/aromatic N) is 1. The van der Waals surface area contributed by atoms with Crippen LogP contribution in [0.4, 0.5) is 0 Å². The molecule has 0 aromatic rings. The van der Waals surface area contributed by atoms with E-state index in [-0.39, 0.29) is 0 Å². The van der Waals surface area contributed by atoms with Gasteiger partial charge in [0.05, 0.1) is 13.2 Å². The van der Waals surface area contributed by atoms with Crippen LogP contribution >= 0.6 is 0 Å². The van der Waals surface area contributed by atoms with E-state index in [4.69, 9.17) is 10.5 Å². The first-order valence-corrected chi connectivity index (χ1v) is 6.63. The lowest BCUT2D eigenvalue weighted by Gasteiger charge is -2.15. The average Bonchev–Trinajstić information content (AvgIpc) is 2.70. The van der Waals surface area contributed by atoms with Gasteiger partial charge in [-0.25, -0.2) is 0 Å². The molecule has 0 aromatic carbocycles. The summed E-state index contributed by atoms with van der Waals surface area (Å²) >= 11 is 0. The lowest BCUT2D eigenvalue weighted by atomic mass is 10.4. The van der Waals surface area contributed by atoms with Crippen molar-refractivity contribution < 1.29 is 13.2 Å². The second-order valence-corrected chi connectivity index (χ2v) is 5.16. The van der Waals surface area contributed by atoms with Crippen LogP contribution in [0.5, 0.6) is 0 Å². The highest BCUT2D eigenvalue weighted by Gasteiger charge is 2.24. The molecule has 0 unspecified atom stereocenters. The maximum atomic E-state index is 11.6. The van der Waals surface area contributed by atoms with Gasteiger partial charge in [0, 0.05) is 26.2 Å². The van der Waals surface area contributed by atoms with Crippen LogP contribution in [0.2, 0.25) is 0 Å². The number of hydrogen-bond acceptors (Lipinski definition) is 4. The number of rotatable bonds is 7. The van der Waals surface area contributed by atoms with E-state index in [2.05, 4.69) is 4.72 Å². The van der Waals surface area contributed by atoms with Gasteiger partial charge in [-0.15, -0.1) is 0 Å². The predicted octanol–water partition coefficient (Wildman–Crippen LogP) is -1.11. The van der Waals surface area contributed by atoms with Crippen LogP contribution in [-0.4, -0.2) is 52.1 Å². The third-order valence-corrected chi connectivity index (χ3v) is 3.81. The molecule has 0 atom stereocenters. The molecule has 1 fully saturated rings. The fourth-order valence-corrected chi connectivity index (χ4v) is 2.71. The Hall–Kier alpha value is -0.210. The van der Waals surface area contributed by atoms with Crippen LogP contribution in [0.25, 0.3) is 0 Å². The minimum absolute atomic E-state index is 0.304. The Bertz CT molecular complexity index is 262. The Labute approximate surface area is 90.9 Å². The number of nitrogens with one attached hydrogen (secondary N) is 1. The zero-order valence-electron chi connectivity index (χ0n) is 8.81. The van der Waals surface area contributed by atoms with Crippen molar-refractivity contribution in [2.45, 2.75) is 12.8 Å². The molecule has 0 aromatic heterocycles. The summed E-state index contributed by atoms with van der Waals surface area (Å²) in [5.41, 5.74) is 5.22. The van der Waals surface area contributed by atoms with E-state index in [0.717, 1.165) is 12.8 Å². The Morgan fingerprint density at radius 1 is 1.27 bits per heavy atom. The lowest BCUT2D eigenvalue weighted by Crippen LogP contribution is -2.40. The molecule has 0 amide bonds. The summed E-state index contributed by atoms with van der Waals surface area (Å²) < 4.78 is 32.2. The number of hydrogen-bond donors (Lipinski definition) is 2. The minimum Gasteiger partial charge on any atom is -0.379 e. The van der Waals surface area contributed by atoms with Crippen molar-refractivity contribution >= 4 is 10.2 Å². The van der Waals surface area contributed by atoms with Crippen molar-refractivity contribution in [1.29, 1.82) is 0 Å². The van der Waals surface area contributed by atoms with Gasteiger partial charge in [0.25, 0.3) is 10.2 Å². The second-order valence-electron chi connectivity index (χ2n) is 3.41. The average molecular weight is 237 g/mol. The van der Waals surface area contributed by atoms with E-state index in [9.17, 15) is 8.42 Å². The molecule has 0 saturated carbocycles. The summed E-state index contributed by atoms with van der Waals surface area (Å²) in [7, 11) is -3.28.